The van der Waals surface area contributed by atoms with Gasteiger partial charge in [-0.3, -0.25) is 9.52 Å². The van der Waals surface area contributed by atoms with Crippen LogP contribution >= 0.6 is 0 Å². The second-order valence-corrected chi connectivity index (χ2v) is 8.65. The van der Waals surface area contributed by atoms with Crippen molar-refractivity contribution in [3.63, 3.8) is 0 Å². The van der Waals surface area contributed by atoms with Crippen molar-refractivity contribution >= 4 is 27.3 Å². The predicted octanol–water partition coefficient (Wildman–Crippen LogP) is 4.13. The molecule has 0 bridgehead atoms. The third kappa shape index (κ3) is 5.99. The number of anilines is 2. The molecule has 0 unspecified atom stereocenters. The first-order valence-corrected chi connectivity index (χ1v) is 11.0. The largest absolute Gasteiger partial charge is 0.497 e. The number of benzene rings is 3. The number of aryl methyl sites for hydroxylation is 2. The number of sulfonamides is 1. The zero-order valence-corrected chi connectivity index (χ0v) is 18.3. The minimum absolute atomic E-state index is 0.0963. The average Bonchev–Trinajstić information content (AvgIpc) is 2.75. The Hall–Kier alpha value is -3.52. The first kappa shape index (κ1) is 22.2. The van der Waals surface area contributed by atoms with Crippen LogP contribution in [0.1, 0.15) is 11.1 Å². The molecule has 7 nitrogen and oxygen atoms in total. The van der Waals surface area contributed by atoms with Crippen LogP contribution < -0.4 is 19.5 Å². The Balaban J connectivity index is 1.61. The monoisotopic (exact) mass is 440 g/mol. The number of carbonyl (C=O) groups excluding carboxylic acids is 1. The van der Waals surface area contributed by atoms with Gasteiger partial charge in [-0.05, 0) is 67.4 Å². The zero-order valence-electron chi connectivity index (χ0n) is 17.5. The Kier molecular flexibility index (Phi) is 6.81. The fourth-order valence-corrected chi connectivity index (χ4v) is 3.93. The van der Waals surface area contributed by atoms with Crippen LogP contribution in [-0.4, -0.2) is 28.0 Å². The number of hydrogen-bond acceptors (Lipinski definition) is 5. The van der Waals surface area contributed by atoms with Crippen molar-refractivity contribution in [1.82, 2.24) is 0 Å². The summed E-state index contributed by atoms with van der Waals surface area (Å²) in [5.74, 6) is 0.768. The summed E-state index contributed by atoms with van der Waals surface area (Å²) in [4.78, 5) is 12.2. The van der Waals surface area contributed by atoms with Crippen LogP contribution in [0.25, 0.3) is 0 Å². The lowest BCUT2D eigenvalue weighted by Gasteiger charge is -2.12. The maximum Gasteiger partial charge on any atom is 0.262 e. The van der Waals surface area contributed by atoms with Gasteiger partial charge in [-0.1, -0.05) is 18.2 Å². The molecule has 3 aromatic carbocycles. The quantitative estimate of drug-likeness (QED) is 0.549. The highest BCUT2D eigenvalue weighted by Gasteiger charge is 2.15. The molecule has 162 valence electrons. The number of rotatable bonds is 8. The maximum atomic E-state index is 12.7. The van der Waals surface area contributed by atoms with Crippen molar-refractivity contribution in [2.45, 2.75) is 18.7 Å². The minimum atomic E-state index is -3.75. The molecule has 0 aromatic heterocycles. The van der Waals surface area contributed by atoms with E-state index in [4.69, 9.17) is 9.47 Å². The third-order valence-corrected chi connectivity index (χ3v) is 5.88. The molecule has 3 rings (SSSR count). The van der Waals surface area contributed by atoms with E-state index >= 15 is 0 Å². The van der Waals surface area contributed by atoms with Crippen molar-refractivity contribution in [2.24, 2.45) is 0 Å². The molecule has 8 heteroatoms. The summed E-state index contributed by atoms with van der Waals surface area (Å²) in [5.41, 5.74) is 2.78. The fraction of sp³-hybridized carbons (Fsp3) is 0.174. The highest BCUT2D eigenvalue weighted by atomic mass is 32.2. The van der Waals surface area contributed by atoms with Gasteiger partial charge >= 0.3 is 0 Å². The van der Waals surface area contributed by atoms with Crippen LogP contribution in [0.5, 0.6) is 11.5 Å². The fourth-order valence-electron chi connectivity index (χ4n) is 2.80. The Morgan fingerprint density at radius 3 is 2.35 bits per heavy atom. The van der Waals surface area contributed by atoms with Gasteiger partial charge in [0.15, 0.2) is 6.61 Å². The molecule has 31 heavy (non-hydrogen) atoms. The van der Waals surface area contributed by atoms with Crippen LogP contribution in [-0.2, 0) is 14.8 Å². The van der Waals surface area contributed by atoms with Crippen molar-refractivity contribution in [2.75, 3.05) is 23.8 Å². The molecular formula is C23H24N2O5S. The molecule has 0 saturated heterocycles. The lowest BCUT2D eigenvalue weighted by atomic mass is 10.1. The second kappa shape index (κ2) is 9.53. The maximum absolute atomic E-state index is 12.7. The van der Waals surface area contributed by atoms with Gasteiger partial charge in [-0.2, -0.15) is 0 Å². The van der Waals surface area contributed by atoms with E-state index in [1.54, 1.807) is 37.4 Å². The summed E-state index contributed by atoms with van der Waals surface area (Å²) in [6, 6.07) is 18.4. The molecule has 0 aliphatic rings. The molecular weight excluding hydrogens is 416 g/mol. The Labute approximate surface area is 182 Å². The summed E-state index contributed by atoms with van der Waals surface area (Å²) in [7, 11) is -2.20. The van der Waals surface area contributed by atoms with Gasteiger partial charge in [0.1, 0.15) is 11.5 Å². The molecule has 0 atom stereocenters. The Morgan fingerprint density at radius 2 is 1.65 bits per heavy atom. The van der Waals surface area contributed by atoms with E-state index in [0.29, 0.717) is 22.9 Å². The molecule has 0 aliphatic heterocycles. The lowest BCUT2D eigenvalue weighted by Crippen LogP contribution is -2.20. The first-order valence-electron chi connectivity index (χ1n) is 9.54. The molecule has 2 N–H and O–H groups in total. The molecule has 0 fully saturated rings. The van der Waals surface area contributed by atoms with E-state index in [9.17, 15) is 13.2 Å². The van der Waals surface area contributed by atoms with Gasteiger partial charge in [-0.25, -0.2) is 8.42 Å². The number of amides is 1. The minimum Gasteiger partial charge on any atom is -0.497 e. The third-order valence-electron chi connectivity index (χ3n) is 4.50. The smallest absolute Gasteiger partial charge is 0.262 e. The van der Waals surface area contributed by atoms with Crippen molar-refractivity contribution in [1.29, 1.82) is 0 Å². The normalized spacial score (nSPS) is 10.9. The molecule has 0 radical (unpaired) electrons. The standard InChI is InChI=1S/C23H24N2O5S/c1-16-7-8-17(2)22(13-16)25-31(27,28)21-11-9-18(10-12-21)24-23(26)15-30-20-6-4-5-19(14-20)29-3/h4-14,25H,15H2,1-3H3,(H,24,26). The van der Waals surface area contributed by atoms with Crippen LogP contribution in [0, 0.1) is 13.8 Å². The molecule has 3 aromatic rings. The van der Waals surface area contributed by atoms with Crippen LogP contribution in [0.3, 0.4) is 0 Å². The molecule has 0 saturated carbocycles. The summed E-state index contributed by atoms with van der Waals surface area (Å²) in [6.07, 6.45) is 0. The Bertz CT molecular complexity index is 1170. The van der Waals surface area contributed by atoms with E-state index in [2.05, 4.69) is 10.0 Å². The van der Waals surface area contributed by atoms with Crippen LogP contribution in [0.2, 0.25) is 0 Å². The number of methoxy groups -OCH3 is 1. The zero-order chi connectivity index (χ0) is 22.4. The van der Waals surface area contributed by atoms with E-state index < -0.39 is 10.0 Å². The van der Waals surface area contributed by atoms with E-state index in [1.165, 1.54) is 24.3 Å². The van der Waals surface area contributed by atoms with Crippen molar-refractivity contribution in [3.05, 3.63) is 77.9 Å². The number of ether oxygens (including phenoxy) is 2. The van der Waals surface area contributed by atoms with E-state index in [0.717, 1.165) is 11.1 Å². The molecule has 0 spiro atoms. The van der Waals surface area contributed by atoms with Gasteiger partial charge in [0.05, 0.1) is 17.7 Å². The summed E-state index contributed by atoms with van der Waals surface area (Å²) < 4.78 is 38.5. The molecule has 0 aliphatic carbocycles. The van der Waals surface area contributed by atoms with E-state index in [1.807, 2.05) is 26.0 Å². The lowest BCUT2D eigenvalue weighted by molar-refractivity contribution is -0.118. The predicted molar refractivity (Wildman–Crippen MR) is 120 cm³/mol. The number of nitrogens with one attached hydrogen (secondary N) is 2. The topological polar surface area (TPSA) is 93.7 Å². The van der Waals surface area contributed by atoms with Gasteiger partial charge in [-0.15, -0.1) is 0 Å². The van der Waals surface area contributed by atoms with Gasteiger partial charge in [0, 0.05) is 11.8 Å². The van der Waals surface area contributed by atoms with Gasteiger partial charge in [0.25, 0.3) is 15.9 Å². The van der Waals surface area contributed by atoms with Crippen LogP contribution in [0.15, 0.2) is 71.6 Å². The highest BCUT2D eigenvalue weighted by molar-refractivity contribution is 7.92. The SMILES string of the molecule is COc1cccc(OCC(=O)Nc2ccc(S(=O)(=O)Nc3cc(C)ccc3C)cc2)c1. The van der Waals surface area contributed by atoms with Crippen LogP contribution in [0.4, 0.5) is 11.4 Å². The molecule has 1 amide bonds. The summed E-state index contributed by atoms with van der Waals surface area (Å²) in [6.45, 7) is 3.54. The first-order chi connectivity index (χ1) is 14.8. The second-order valence-electron chi connectivity index (χ2n) is 6.96. The van der Waals surface area contributed by atoms with Gasteiger partial charge in [0.2, 0.25) is 0 Å². The van der Waals surface area contributed by atoms with E-state index in [-0.39, 0.29) is 17.4 Å². The Morgan fingerprint density at radius 1 is 0.935 bits per heavy atom. The number of carbonyl (C=O) groups is 1. The van der Waals surface area contributed by atoms with Crippen molar-refractivity contribution in [3.8, 4) is 11.5 Å². The summed E-state index contributed by atoms with van der Waals surface area (Å²) >= 11 is 0. The van der Waals surface area contributed by atoms with Gasteiger partial charge < -0.3 is 14.8 Å². The average molecular weight is 441 g/mol. The highest BCUT2D eigenvalue weighted by Crippen LogP contribution is 2.22. The number of hydrogen-bond donors (Lipinski definition) is 2. The summed E-state index contributed by atoms with van der Waals surface area (Å²) in [5, 5.41) is 2.68. The van der Waals surface area contributed by atoms with Crippen molar-refractivity contribution < 1.29 is 22.7 Å². The molecule has 0 heterocycles.